The van der Waals surface area contributed by atoms with E-state index in [1.54, 1.807) is 0 Å². The molecule has 0 aromatic rings. The molecular formula is C12H22N2O2. The topological polar surface area (TPSA) is 58.2 Å². The van der Waals surface area contributed by atoms with Gasteiger partial charge in [-0.3, -0.25) is 9.59 Å². The van der Waals surface area contributed by atoms with Crippen molar-refractivity contribution in [2.75, 3.05) is 6.54 Å². The molecule has 1 aliphatic rings. The van der Waals surface area contributed by atoms with Gasteiger partial charge in [-0.2, -0.15) is 0 Å². The van der Waals surface area contributed by atoms with Gasteiger partial charge in [0.15, 0.2) is 0 Å². The summed E-state index contributed by atoms with van der Waals surface area (Å²) in [5, 5.41) is 5.41. The van der Waals surface area contributed by atoms with E-state index < -0.39 is 11.8 Å². The van der Waals surface area contributed by atoms with Crippen LogP contribution in [-0.4, -0.2) is 24.4 Å². The zero-order valence-corrected chi connectivity index (χ0v) is 10.2. The molecule has 0 aliphatic heterocycles. The van der Waals surface area contributed by atoms with Crippen molar-refractivity contribution in [3.63, 3.8) is 0 Å². The molecular weight excluding hydrogens is 204 g/mol. The first-order valence-electron chi connectivity index (χ1n) is 6.23. The third kappa shape index (κ3) is 3.83. The highest BCUT2D eigenvalue weighted by atomic mass is 16.2. The highest BCUT2D eigenvalue weighted by Crippen LogP contribution is 2.23. The first-order chi connectivity index (χ1) is 7.65. The van der Waals surface area contributed by atoms with Gasteiger partial charge in [-0.05, 0) is 25.2 Å². The normalized spacial score (nSPS) is 24.9. The Kier molecular flexibility index (Phi) is 5.29. The van der Waals surface area contributed by atoms with E-state index in [1.807, 2.05) is 6.92 Å². The molecule has 0 heterocycles. The van der Waals surface area contributed by atoms with Crippen LogP contribution in [0.15, 0.2) is 0 Å². The second-order valence-corrected chi connectivity index (χ2v) is 4.60. The van der Waals surface area contributed by atoms with Crippen molar-refractivity contribution in [2.45, 2.75) is 52.0 Å². The van der Waals surface area contributed by atoms with Crippen molar-refractivity contribution in [1.29, 1.82) is 0 Å². The first-order valence-corrected chi connectivity index (χ1v) is 6.23. The molecule has 0 radical (unpaired) electrons. The quantitative estimate of drug-likeness (QED) is 0.711. The van der Waals surface area contributed by atoms with E-state index in [4.69, 9.17) is 0 Å². The zero-order chi connectivity index (χ0) is 12.0. The van der Waals surface area contributed by atoms with Crippen molar-refractivity contribution < 1.29 is 9.59 Å². The Morgan fingerprint density at radius 3 is 2.50 bits per heavy atom. The molecule has 0 unspecified atom stereocenters. The van der Waals surface area contributed by atoms with Crippen molar-refractivity contribution in [2.24, 2.45) is 5.92 Å². The number of amides is 2. The van der Waals surface area contributed by atoms with Gasteiger partial charge in [0.25, 0.3) is 0 Å². The molecule has 1 rings (SSSR count). The molecule has 92 valence electrons. The fourth-order valence-electron chi connectivity index (χ4n) is 2.08. The van der Waals surface area contributed by atoms with Crippen LogP contribution >= 0.6 is 0 Å². The van der Waals surface area contributed by atoms with E-state index in [1.165, 1.54) is 6.42 Å². The molecule has 4 heteroatoms. The van der Waals surface area contributed by atoms with Gasteiger partial charge in [-0.1, -0.05) is 26.7 Å². The molecule has 0 aromatic heterocycles. The third-order valence-corrected chi connectivity index (χ3v) is 3.17. The Morgan fingerprint density at radius 1 is 1.19 bits per heavy atom. The van der Waals surface area contributed by atoms with Crippen LogP contribution in [0.4, 0.5) is 0 Å². The van der Waals surface area contributed by atoms with Crippen LogP contribution in [-0.2, 0) is 9.59 Å². The highest BCUT2D eigenvalue weighted by molar-refractivity contribution is 6.35. The van der Waals surface area contributed by atoms with E-state index in [0.29, 0.717) is 12.5 Å². The van der Waals surface area contributed by atoms with Crippen LogP contribution in [0.5, 0.6) is 0 Å². The molecule has 1 fully saturated rings. The fourth-order valence-corrected chi connectivity index (χ4v) is 2.08. The van der Waals surface area contributed by atoms with Crippen molar-refractivity contribution >= 4 is 11.8 Å². The van der Waals surface area contributed by atoms with Crippen LogP contribution in [0, 0.1) is 5.92 Å². The average Bonchev–Trinajstić information content (AvgIpc) is 2.28. The SMILES string of the molecule is CCCNC(=O)C(=O)N[C@H]1CCCC[C@@H]1C. The summed E-state index contributed by atoms with van der Waals surface area (Å²) in [6.45, 7) is 4.65. The van der Waals surface area contributed by atoms with Crippen LogP contribution in [0.1, 0.15) is 46.0 Å². The summed E-state index contributed by atoms with van der Waals surface area (Å²) < 4.78 is 0. The molecule has 0 spiro atoms. The summed E-state index contributed by atoms with van der Waals surface area (Å²) in [7, 11) is 0. The number of rotatable bonds is 3. The highest BCUT2D eigenvalue weighted by Gasteiger charge is 2.24. The Labute approximate surface area is 97.2 Å². The molecule has 16 heavy (non-hydrogen) atoms. The van der Waals surface area contributed by atoms with E-state index >= 15 is 0 Å². The lowest BCUT2D eigenvalue weighted by atomic mass is 9.86. The predicted molar refractivity (Wildman–Crippen MR) is 62.9 cm³/mol. The van der Waals surface area contributed by atoms with Crippen LogP contribution in [0.2, 0.25) is 0 Å². The van der Waals surface area contributed by atoms with Gasteiger partial charge >= 0.3 is 11.8 Å². The first kappa shape index (κ1) is 13.0. The summed E-state index contributed by atoms with van der Waals surface area (Å²) in [5.41, 5.74) is 0. The van der Waals surface area contributed by atoms with Gasteiger partial charge in [0.2, 0.25) is 0 Å². The lowest BCUT2D eigenvalue weighted by molar-refractivity contribution is -0.139. The summed E-state index contributed by atoms with van der Waals surface area (Å²) in [4.78, 5) is 22.9. The maximum Gasteiger partial charge on any atom is 0.309 e. The fraction of sp³-hybridized carbons (Fsp3) is 0.833. The van der Waals surface area contributed by atoms with E-state index in [0.717, 1.165) is 25.7 Å². The van der Waals surface area contributed by atoms with Gasteiger partial charge in [-0.15, -0.1) is 0 Å². The largest absolute Gasteiger partial charge is 0.348 e. The molecule has 1 aliphatic carbocycles. The van der Waals surface area contributed by atoms with E-state index in [2.05, 4.69) is 17.6 Å². The average molecular weight is 226 g/mol. The van der Waals surface area contributed by atoms with Gasteiger partial charge in [0.05, 0.1) is 0 Å². The maximum atomic E-state index is 11.5. The minimum absolute atomic E-state index is 0.175. The summed E-state index contributed by atoms with van der Waals surface area (Å²) in [6.07, 6.45) is 5.36. The van der Waals surface area contributed by atoms with E-state index in [-0.39, 0.29) is 6.04 Å². The van der Waals surface area contributed by atoms with Crippen molar-refractivity contribution in [1.82, 2.24) is 10.6 Å². The summed E-state index contributed by atoms with van der Waals surface area (Å²) in [6, 6.07) is 0.175. The second kappa shape index (κ2) is 6.51. The minimum Gasteiger partial charge on any atom is -0.348 e. The van der Waals surface area contributed by atoms with Crippen LogP contribution in [0.25, 0.3) is 0 Å². The number of carbonyl (C=O) groups excluding carboxylic acids is 2. The monoisotopic (exact) mass is 226 g/mol. The Hall–Kier alpha value is -1.06. The summed E-state index contributed by atoms with van der Waals surface area (Å²) >= 11 is 0. The Morgan fingerprint density at radius 2 is 1.88 bits per heavy atom. The molecule has 2 amide bonds. The molecule has 2 atom stereocenters. The standard InChI is InChI=1S/C12H22N2O2/c1-3-8-13-11(15)12(16)14-10-7-5-4-6-9(10)2/h9-10H,3-8H2,1-2H3,(H,13,15)(H,14,16)/t9-,10-/m0/s1. The molecule has 2 N–H and O–H groups in total. The molecule has 0 bridgehead atoms. The van der Waals surface area contributed by atoms with Crippen molar-refractivity contribution in [3.05, 3.63) is 0 Å². The lowest BCUT2D eigenvalue weighted by Crippen LogP contribution is -2.47. The molecule has 4 nitrogen and oxygen atoms in total. The Balaban J connectivity index is 2.34. The lowest BCUT2D eigenvalue weighted by Gasteiger charge is -2.29. The number of carbonyl (C=O) groups is 2. The number of hydrogen-bond acceptors (Lipinski definition) is 2. The number of hydrogen-bond donors (Lipinski definition) is 2. The van der Waals surface area contributed by atoms with Gasteiger partial charge in [0, 0.05) is 12.6 Å². The van der Waals surface area contributed by atoms with Crippen LogP contribution in [0.3, 0.4) is 0 Å². The van der Waals surface area contributed by atoms with Gasteiger partial charge in [-0.25, -0.2) is 0 Å². The third-order valence-electron chi connectivity index (χ3n) is 3.17. The van der Waals surface area contributed by atoms with Crippen LogP contribution < -0.4 is 10.6 Å². The van der Waals surface area contributed by atoms with Crippen molar-refractivity contribution in [3.8, 4) is 0 Å². The smallest absolute Gasteiger partial charge is 0.309 e. The zero-order valence-electron chi connectivity index (χ0n) is 10.2. The summed E-state index contributed by atoms with van der Waals surface area (Å²) in [5.74, 6) is -0.497. The second-order valence-electron chi connectivity index (χ2n) is 4.60. The molecule has 0 saturated heterocycles. The number of nitrogens with one attached hydrogen (secondary N) is 2. The van der Waals surface area contributed by atoms with E-state index in [9.17, 15) is 9.59 Å². The predicted octanol–water partition coefficient (Wildman–Crippen LogP) is 1.21. The minimum atomic E-state index is -0.500. The maximum absolute atomic E-state index is 11.5. The molecule has 1 saturated carbocycles. The van der Waals surface area contributed by atoms with Gasteiger partial charge < -0.3 is 10.6 Å². The Bertz CT molecular complexity index is 253. The molecule has 0 aromatic carbocycles. The van der Waals surface area contributed by atoms with Gasteiger partial charge in [0.1, 0.15) is 0 Å².